The Morgan fingerprint density at radius 3 is 2.46 bits per heavy atom. The Hall–Kier alpha value is -2.64. The second-order valence-electron chi connectivity index (χ2n) is 5.00. The number of halogens is 3. The van der Waals surface area contributed by atoms with Crippen molar-refractivity contribution >= 4 is 46.7 Å². The average molecular weight is 399 g/mol. The zero-order valence-electron chi connectivity index (χ0n) is 13.2. The van der Waals surface area contributed by atoms with Crippen LogP contribution in [0.3, 0.4) is 0 Å². The van der Waals surface area contributed by atoms with Gasteiger partial charge in [-0.15, -0.1) is 0 Å². The summed E-state index contributed by atoms with van der Waals surface area (Å²) in [5.74, 6) is -2.71. The fourth-order valence-electron chi connectivity index (χ4n) is 1.84. The smallest absolute Gasteiger partial charge is 0.325 e. The summed E-state index contributed by atoms with van der Waals surface area (Å²) in [5, 5.41) is 5.08. The zero-order chi connectivity index (χ0) is 19.1. The van der Waals surface area contributed by atoms with Crippen LogP contribution in [-0.4, -0.2) is 30.9 Å². The summed E-state index contributed by atoms with van der Waals surface area (Å²) in [5.41, 5.74) is 0.186. The number of carbonyl (C=O) groups is 3. The van der Waals surface area contributed by atoms with Crippen molar-refractivity contribution in [3.63, 3.8) is 0 Å². The van der Waals surface area contributed by atoms with E-state index >= 15 is 0 Å². The van der Waals surface area contributed by atoms with Crippen molar-refractivity contribution < 1.29 is 23.5 Å². The molecule has 0 spiro atoms. The molecule has 0 saturated carbocycles. The molecular weight excluding hydrogens is 386 g/mol. The highest BCUT2D eigenvalue weighted by molar-refractivity contribution is 6.42. The zero-order valence-corrected chi connectivity index (χ0v) is 14.7. The number of para-hydroxylation sites is 1. The first-order valence-electron chi connectivity index (χ1n) is 7.30. The lowest BCUT2D eigenvalue weighted by atomic mass is 10.2. The third-order valence-corrected chi connectivity index (χ3v) is 3.83. The number of esters is 1. The first-order chi connectivity index (χ1) is 12.4. The fraction of sp³-hybridized carbons (Fsp3) is 0.118. The number of carbonyl (C=O) groups excluding carboxylic acids is 3. The van der Waals surface area contributed by atoms with Gasteiger partial charge in [0.1, 0.15) is 12.4 Å². The van der Waals surface area contributed by atoms with Gasteiger partial charge in [-0.25, -0.2) is 4.39 Å². The highest BCUT2D eigenvalue weighted by Crippen LogP contribution is 2.22. The maximum absolute atomic E-state index is 13.4. The van der Waals surface area contributed by atoms with Crippen molar-refractivity contribution in [2.75, 3.05) is 18.5 Å². The van der Waals surface area contributed by atoms with Crippen molar-refractivity contribution in [3.8, 4) is 0 Å². The molecule has 6 nitrogen and oxygen atoms in total. The largest absolute Gasteiger partial charge is 0.454 e. The van der Waals surface area contributed by atoms with E-state index in [9.17, 15) is 18.8 Å². The number of amides is 2. The normalized spacial score (nSPS) is 10.1. The number of hydrogen-bond acceptors (Lipinski definition) is 4. The van der Waals surface area contributed by atoms with Gasteiger partial charge in [0, 0.05) is 5.56 Å². The third-order valence-electron chi connectivity index (χ3n) is 3.09. The molecule has 2 aromatic carbocycles. The van der Waals surface area contributed by atoms with E-state index in [-0.39, 0.29) is 16.3 Å². The molecule has 0 aliphatic rings. The number of anilines is 1. The SMILES string of the molecule is O=C(COC(=O)CNC(=O)c1ccc(Cl)c(Cl)c1)Nc1ccccc1F. The van der Waals surface area contributed by atoms with E-state index in [0.29, 0.717) is 5.02 Å². The van der Waals surface area contributed by atoms with Gasteiger partial charge < -0.3 is 15.4 Å². The summed E-state index contributed by atoms with van der Waals surface area (Å²) in [4.78, 5) is 35.1. The highest BCUT2D eigenvalue weighted by atomic mass is 35.5. The Labute approximate surface area is 158 Å². The van der Waals surface area contributed by atoms with Crippen LogP contribution in [0.15, 0.2) is 42.5 Å². The van der Waals surface area contributed by atoms with Gasteiger partial charge in [0.25, 0.3) is 11.8 Å². The van der Waals surface area contributed by atoms with Crippen LogP contribution in [0, 0.1) is 5.82 Å². The van der Waals surface area contributed by atoms with Crippen LogP contribution >= 0.6 is 23.2 Å². The van der Waals surface area contributed by atoms with Gasteiger partial charge in [-0.05, 0) is 30.3 Å². The summed E-state index contributed by atoms with van der Waals surface area (Å²) < 4.78 is 18.1. The van der Waals surface area contributed by atoms with Crippen LogP contribution < -0.4 is 10.6 Å². The first kappa shape index (κ1) is 19.7. The summed E-state index contributed by atoms with van der Waals surface area (Å²) >= 11 is 11.6. The molecule has 2 amide bonds. The molecule has 0 saturated heterocycles. The quantitative estimate of drug-likeness (QED) is 0.732. The van der Waals surface area contributed by atoms with Crippen LogP contribution in [0.5, 0.6) is 0 Å². The minimum absolute atomic E-state index is 0.0264. The summed E-state index contributed by atoms with van der Waals surface area (Å²) in [6, 6.07) is 9.81. The summed E-state index contributed by atoms with van der Waals surface area (Å²) in [6.07, 6.45) is 0. The Morgan fingerprint density at radius 2 is 1.77 bits per heavy atom. The summed E-state index contributed by atoms with van der Waals surface area (Å²) in [6.45, 7) is -1.07. The Balaban J connectivity index is 1.76. The van der Waals surface area contributed by atoms with Crippen molar-refractivity contribution in [2.24, 2.45) is 0 Å². The Kier molecular flexibility index (Phi) is 6.94. The second-order valence-corrected chi connectivity index (χ2v) is 5.81. The molecule has 0 atom stereocenters. The molecule has 0 bridgehead atoms. The second kappa shape index (κ2) is 9.17. The topological polar surface area (TPSA) is 84.5 Å². The van der Waals surface area contributed by atoms with Gasteiger partial charge in [-0.1, -0.05) is 35.3 Å². The predicted molar refractivity (Wildman–Crippen MR) is 94.8 cm³/mol. The molecule has 0 aromatic heterocycles. The lowest BCUT2D eigenvalue weighted by Gasteiger charge is -2.08. The molecule has 2 aromatic rings. The molecule has 136 valence electrons. The van der Waals surface area contributed by atoms with Gasteiger partial charge in [0.15, 0.2) is 6.61 Å². The van der Waals surface area contributed by atoms with Crippen molar-refractivity contribution in [1.82, 2.24) is 5.32 Å². The Morgan fingerprint density at radius 1 is 1.04 bits per heavy atom. The molecule has 2 N–H and O–H groups in total. The van der Waals surface area contributed by atoms with Gasteiger partial charge >= 0.3 is 5.97 Å². The van der Waals surface area contributed by atoms with Gasteiger partial charge in [0.05, 0.1) is 15.7 Å². The third kappa shape index (κ3) is 5.72. The van der Waals surface area contributed by atoms with E-state index in [0.717, 1.165) is 0 Å². The van der Waals surface area contributed by atoms with Crippen LogP contribution in [-0.2, 0) is 14.3 Å². The number of rotatable bonds is 6. The molecule has 2 rings (SSSR count). The van der Waals surface area contributed by atoms with E-state index in [4.69, 9.17) is 27.9 Å². The monoisotopic (exact) mass is 398 g/mol. The minimum Gasteiger partial charge on any atom is -0.454 e. The summed E-state index contributed by atoms with van der Waals surface area (Å²) in [7, 11) is 0. The van der Waals surface area contributed by atoms with Crippen molar-refractivity contribution in [1.29, 1.82) is 0 Å². The number of benzene rings is 2. The van der Waals surface area contributed by atoms with Crippen molar-refractivity contribution in [2.45, 2.75) is 0 Å². The maximum atomic E-state index is 13.4. The van der Waals surface area contributed by atoms with E-state index in [2.05, 4.69) is 10.6 Å². The average Bonchev–Trinajstić information content (AvgIpc) is 2.62. The van der Waals surface area contributed by atoms with Gasteiger partial charge in [0.2, 0.25) is 0 Å². The molecule has 0 fully saturated rings. The predicted octanol–water partition coefficient (Wildman–Crippen LogP) is 3.04. The van der Waals surface area contributed by atoms with Crippen LogP contribution in [0.1, 0.15) is 10.4 Å². The fourth-order valence-corrected chi connectivity index (χ4v) is 2.14. The molecule has 0 heterocycles. The minimum atomic E-state index is -0.831. The van der Waals surface area contributed by atoms with Crippen LogP contribution in [0.4, 0.5) is 10.1 Å². The van der Waals surface area contributed by atoms with Crippen LogP contribution in [0.2, 0.25) is 10.0 Å². The van der Waals surface area contributed by atoms with Crippen LogP contribution in [0.25, 0.3) is 0 Å². The number of ether oxygens (including phenoxy) is 1. The highest BCUT2D eigenvalue weighted by Gasteiger charge is 2.13. The van der Waals surface area contributed by atoms with E-state index in [1.54, 1.807) is 6.07 Å². The Bertz CT molecular complexity index is 845. The standard InChI is InChI=1S/C17H13Cl2FN2O4/c18-11-6-5-10(7-12(11)19)17(25)21-8-16(24)26-9-15(23)22-14-4-2-1-3-13(14)20/h1-7H,8-9H2,(H,21,25)(H,22,23). The molecule has 0 aliphatic carbocycles. The molecule has 0 unspecified atom stereocenters. The first-order valence-corrected chi connectivity index (χ1v) is 8.05. The molecule has 9 heteroatoms. The molecule has 26 heavy (non-hydrogen) atoms. The lowest BCUT2D eigenvalue weighted by molar-refractivity contribution is -0.146. The number of nitrogens with one attached hydrogen (secondary N) is 2. The van der Waals surface area contributed by atoms with E-state index in [1.165, 1.54) is 36.4 Å². The van der Waals surface area contributed by atoms with E-state index < -0.39 is 36.8 Å². The van der Waals surface area contributed by atoms with Gasteiger partial charge in [-0.2, -0.15) is 0 Å². The number of hydrogen-bond donors (Lipinski definition) is 2. The van der Waals surface area contributed by atoms with Gasteiger partial charge in [-0.3, -0.25) is 14.4 Å². The lowest BCUT2D eigenvalue weighted by Crippen LogP contribution is -2.32. The maximum Gasteiger partial charge on any atom is 0.325 e. The van der Waals surface area contributed by atoms with E-state index in [1.807, 2.05) is 0 Å². The molecule has 0 aliphatic heterocycles. The molecule has 0 radical (unpaired) electrons. The van der Waals surface area contributed by atoms with Crippen molar-refractivity contribution in [3.05, 3.63) is 63.9 Å². The molecular formula is C17H13Cl2FN2O4.